The van der Waals surface area contributed by atoms with Crippen molar-refractivity contribution in [2.45, 2.75) is 79.2 Å². The fourth-order valence-corrected chi connectivity index (χ4v) is 3.34. The second-order valence-corrected chi connectivity index (χ2v) is 6.42. The van der Waals surface area contributed by atoms with Gasteiger partial charge in [0.05, 0.1) is 0 Å². The Balaban J connectivity index is 0.000000686. The predicted molar refractivity (Wildman–Crippen MR) is 77.4 cm³/mol. The molecule has 0 bridgehead atoms. The molecule has 0 aromatic rings. The van der Waals surface area contributed by atoms with Crippen LogP contribution in [0.5, 0.6) is 0 Å². The molecule has 1 nitrogen and oxygen atoms in total. The van der Waals surface area contributed by atoms with E-state index in [9.17, 15) is 0 Å². The molecule has 1 saturated heterocycles. The van der Waals surface area contributed by atoms with E-state index in [0.717, 1.165) is 12.0 Å². The van der Waals surface area contributed by atoms with Crippen LogP contribution in [0, 0.1) is 11.3 Å². The van der Waals surface area contributed by atoms with Crippen LogP contribution in [0.25, 0.3) is 0 Å². The van der Waals surface area contributed by atoms with Gasteiger partial charge in [-0.25, -0.2) is 0 Å². The molecule has 0 spiro atoms. The van der Waals surface area contributed by atoms with Crippen molar-refractivity contribution >= 4 is 0 Å². The number of hydrogen-bond acceptors (Lipinski definition) is 1. The Bertz CT molecular complexity index is 204. The molecule has 1 heterocycles. The van der Waals surface area contributed by atoms with Gasteiger partial charge < -0.3 is 4.90 Å². The van der Waals surface area contributed by atoms with Crippen molar-refractivity contribution in [1.29, 1.82) is 0 Å². The Morgan fingerprint density at radius 2 is 1.53 bits per heavy atom. The van der Waals surface area contributed by atoms with Gasteiger partial charge in [-0.15, -0.1) is 0 Å². The van der Waals surface area contributed by atoms with E-state index in [1.54, 1.807) is 0 Å². The summed E-state index contributed by atoms with van der Waals surface area (Å²) in [4.78, 5) is 2.77. The van der Waals surface area contributed by atoms with Crippen molar-refractivity contribution in [3.63, 3.8) is 0 Å². The van der Waals surface area contributed by atoms with E-state index in [1.807, 2.05) is 13.8 Å². The minimum atomic E-state index is 0.570. The molecule has 1 aliphatic heterocycles. The van der Waals surface area contributed by atoms with E-state index in [2.05, 4.69) is 25.7 Å². The average Bonchev–Trinajstić information content (AvgIpc) is 2.36. The molecule has 0 radical (unpaired) electrons. The third-order valence-electron chi connectivity index (χ3n) is 4.94. The van der Waals surface area contributed by atoms with Gasteiger partial charge in [0.1, 0.15) is 0 Å². The Morgan fingerprint density at radius 3 is 2.06 bits per heavy atom. The summed E-state index contributed by atoms with van der Waals surface area (Å²) in [5, 5.41) is 0. The first-order valence-electron chi connectivity index (χ1n) is 7.83. The van der Waals surface area contributed by atoms with Gasteiger partial charge in [-0.1, -0.05) is 41.0 Å². The first-order chi connectivity index (χ1) is 8.09. The minimum Gasteiger partial charge on any atom is -0.300 e. The largest absolute Gasteiger partial charge is 0.300 e. The first kappa shape index (κ1) is 15.0. The summed E-state index contributed by atoms with van der Waals surface area (Å²) in [6.45, 7) is 14.1. The zero-order chi connectivity index (χ0) is 12.9. The van der Waals surface area contributed by atoms with Crippen LogP contribution in [0.2, 0.25) is 0 Å². The summed E-state index contributed by atoms with van der Waals surface area (Å²) >= 11 is 0. The van der Waals surface area contributed by atoms with Gasteiger partial charge in [0, 0.05) is 6.04 Å². The molecule has 0 aromatic carbocycles. The number of piperidine rings is 1. The number of hydrogen-bond donors (Lipinski definition) is 0. The lowest BCUT2D eigenvalue weighted by atomic mass is 9.67. The first-order valence-corrected chi connectivity index (χ1v) is 7.83. The van der Waals surface area contributed by atoms with Gasteiger partial charge in [-0.2, -0.15) is 0 Å². The lowest BCUT2D eigenvalue weighted by molar-refractivity contribution is 0.0454. The summed E-state index contributed by atoms with van der Waals surface area (Å²) in [6.07, 6.45) is 8.65. The van der Waals surface area contributed by atoms with E-state index < -0.39 is 0 Å². The smallest absolute Gasteiger partial charge is 0.0100 e. The van der Waals surface area contributed by atoms with Crippen molar-refractivity contribution in [2.75, 3.05) is 13.1 Å². The Labute approximate surface area is 109 Å². The molecule has 0 aromatic heterocycles. The van der Waals surface area contributed by atoms with E-state index in [-0.39, 0.29) is 0 Å². The molecule has 1 heteroatoms. The van der Waals surface area contributed by atoms with E-state index in [4.69, 9.17) is 0 Å². The summed E-state index contributed by atoms with van der Waals surface area (Å²) in [5.41, 5.74) is 0.570. The van der Waals surface area contributed by atoms with Gasteiger partial charge in [0.15, 0.2) is 0 Å². The highest BCUT2D eigenvalue weighted by molar-refractivity contribution is 4.89. The molecule has 1 saturated carbocycles. The number of likely N-dealkylation sites (tertiary alicyclic amines) is 1. The van der Waals surface area contributed by atoms with Crippen LogP contribution in [0.15, 0.2) is 0 Å². The third-order valence-corrected chi connectivity index (χ3v) is 4.94. The quantitative estimate of drug-likeness (QED) is 0.640. The summed E-state index contributed by atoms with van der Waals surface area (Å²) < 4.78 is 0. The molecule has 2 unspecified atom stereocenters. The standard InChI is InChI=1S/C14H27N.C2H6/c1-12-7-8-13(11-14(12,2)3)15-9-5-4-6-10-15;1-2/h12-13H,4-11H2,1-3H3;1-2H3. The van der Waals surface area contributed by atoms with Crippen molar-refractivity contribution in [3.05, 3.63) is 0 Å². The molecular formula is C16H33N. The predicted octanol–water partition coefficient (Wildman–Crippen LogP) is 4.71. The lowest BCUT2D eigenvalue weighted by Gasteiger charge is -2.46. The second-order valence-electron chi connectivity index (χ2n) is 6.42. The van der Waals surface area contributed by atoms with Gasteiger partial charge >= 0.3 is 0 Å². The fraction of sp³-hybridized carbons (Fsp3) is 1.00. The third kappa shape index (κ3) is 3.98. The molecule has 2 aliphatic rings. The molecule has 2 fully saturated rings. The van der Waals surface area contributed by atoms with Crippen LogP contribution in [0.4, 0.5) is 0 Å². The molecule has 2 rings (SSSR count). The average molecular weight is 239 g/mol. The summed E-state index contributed by atoms with van der Waals surface area (Å²) in [6, 6.07) is 0.900. The Morgan fingerprint density at radius 1 is 0.941 bits per heavy atom. The van der Waals surface area contributed by atoms with Crippen molar-refractivity contribution in [2.24, 2.45) is 11.3 Å². The van der Waals surface area contributed by atoms with Crippen LogP contribution in [-0.2, 0) is 0 Å². The number of rotatable bonds is 1. The summed E-state index contributed by atoms with van der Waals surface area (Å²) in [7, 11) is 0. The second kappa shape index (κ2) is 6.78. The maximum atomic E-state index is 2.77. The molecule has 102 valence electrons. The van der Waals surface area contributed by atoms with Gasteiger partial charge in [0.2, 0.25) is 0 Å². The highest BCUT2D eigenvalue weighted by Crippen LogP contribution is 2.42. The maximum Gasteiger partial charge on any atom is 0.0100 e. The highest BCUT2D eigenvalue weighted by Gasteiger charge is 2.36. The fourth-order valence-electron chi connectivity index (χ4n) is 3.34. The Hall–Kier alpha value is -0.0400. The molecule has 1 aliphatic carbocycles. The number of nitrogens with zero attached hydrogens (tertiary/aromatic N) is 1. The molecule has 17 heavy (non-hydrogen) atoms. The summed E-state index contributed by atoms with van der Waals surface area (Å²) in [5.74, 6) is 0.915. The zero-order valence-electron chi connectivity index (χ0n) is 12.8. The van der Waals surface area contributed by atoms with Crippen molar-refractivity contribution < 1.29 is 0 Å². The van der Waals surface area contributed by atoms with E-state index in [1.165, 1.54) is 51.6 Å². The maximum absolute atomic E-state index is 2.77. The van der Waals surface area contributed by atoms with Crippen molar-refractivity contribution in [3.8, 4) is 0 Å². The monoisotopic (exact) mass is 239 g/mol. The van der Waals surface area contributed by atoms with Gasteiger partial charge in [0.25, 0.3) is 0 Å². The van der Waals surface area contributed by atoms with Crippen LogP contribution >= 0.6 is 0 Å². The minimum absolute atomic E-state index is 0.570. The molecule has 2 atom stereocenters. The van der Waals surface area contributed by atoms with Gasteiger partial charge in [-0.05, 0) is 56.5 Å². The topological polar surface area (TPSA) is 3.24 Å². The highest BCUT2D eigenvalue weighted by atomic mass is 15.2. The van der Waals surface area contributed by atoms with Crippen LogP contribution in [0.1, 0.15) is 73.1 Å². The normalized spacial score (nSPS) is 33.7. The van der Waals surface area contributed by atoms with Crippen LogP contribution in [0.3, 0.4) is 0 Å². The van der Waals surface area contributed by atoms with E-state index >= 15 is 0 Å². The van der Waals surface area contributed by atoms with E-state index in [0.29, 0.717) is 5.41 Å². The molecule has 0 N–H and O–H groups in total. The van der Waals surface area contributed by atoms with Gasteiger partial charge in [-0.3, -0.25) is 0 Å². The Kier molecular flexibility index (Phi) is 5.99. The van der Waals surface area contributed by atoms with Crippen LogP contribution in [-0.4, -0.2) is 24.0 Å². The lowest BCUT2D eigenvalue weighted by Crippen LogP contribution is -2.45. The molecule has 0 amide bonds. The van der Waals surface area contributed by atoms with Crippen molar-refractivity contribution in [1.82, 2.24) is 4.90 Å². The molecular weight excluding hydrogens is 206 g/mol. The SMILES string of the molecule is CC.CC1CCC(N2CCCCC2)CC1(C)C. The zero-order valence-corrected chi connectivity index (χ0v) is 12.8. The van der Waals surface area contributed by atoms with Crippen LogP contribution < -0.4 is 0 Å².